The van der Waals surface area contributed by atoms with Crippen molar-refractivity contribution < 1.29 is 14.6 Å². The Morgan fingerprint density at radius 1 is 1.32 bits per heavy atom. The zero-order chi connectivity index (χ0) is 19.8. The number of aryl methyl sites for hydroxylation is 1. The van der Waals surface area contributed by atoms with Crippen LogP contribution in [0.3, 0.4) is 0 Å². The number of carbonyl (C=O) groups excluding carboxylic acids is 1. The topological polar surface area (TPSA) is 49.8 Å². The SMILES string of the molecule is CCCN(CCc1cccs1)c1ccc2c(c1)C(OC(=O)CCCO)CCC2. The summed E-state index contributed by atoms with van der Waals surface area (Å²) >= 11 is 1.81. The molecule has 1 aliphatic rings. The minimum absolute atomic E-state index is 0.0245. The van der Waals surface area contributed by atoms with Crippen molar-refractivity contribution in [2.45, 2.75) is 58.0 Å². The number of ether oxygens (including phenoxy) is 1. The highest BCUT2D eigenvalue weighted by molar-refractivity contribution is 7.09. The highest BCUT2D eigenvalue weighted by atomic mass is 32.1. The van der Waals surface area contributed by atoms with Gasteiger partial charge in [-0.25, -0.2) is 0 Å². The second kappa shape index (κ2) is 10.6. The van der Waals surface area contributed by atoms with Crippen molar-refractivity contribution in [3.8, 4) is 0 Å². The van der Waals surface area contributed by atoms with E-state index in [2.05, 4.69) is 47.5 Å². The Bertz CT molecular complexity index is 744. The van der Waals surface area contributed by atoms with Crippen molar-refractivity contribution in [1.29, 1.82) is 0 Å². The molecule has 0 amide bonds. The Morgan fingerprint density at radius 3 is 2.96 bits per heavy atom. The van der Waals surface area contributed by atoms with Crippen LogP contribution >= 0.6 is 11.3 Å². The normalized spacial score (nSPS) is 15.9. The van der Waals surface area contributed by atoms with E-state index in [0.29, 0.717) is 6.42 Å². The fourth-order valence-corrected chi connectivity index (χ4v) is 4.54. The van der Waals surface area contributed by atoms with Crippen molar-refractivity contribution in [1.82, 2.24) is 0 Å². The molecule has 28 heavy (non-hydrogen) atoms. The first-order chi connectivity index (χ1) is 13.7. The summed E-state index contributed by atoms with van der Waals surface area (Å²) in [5, 5.41) is 11.1. The average Bonchev–Trinajstić information content (AvgIpc) is 3.23. The molecule has 4 nitrogen and oxygen atoms in total. The molecule has 1 aliphatic carbocycles. The van der Waals surface area contributed by atoms with Gasteiger partial charge in [0.25, 0.3) is 0 Å². The van der Waals surface area contributed by atoms with Crippen molar-refractivity contribution >= 4 is 23.0 Å². The van der Waals surface area contributed by atoms with E-state index < -0.39 is 0 Å². The van der Waals surface area contributed by atoms with Crippen molar-refractivity contribution in [3.05, 3.63) is 51.7 Å². The molecule has 0 saturated carbocycles. The standard InChI is InChI=1S/C23H31NO3S/c1-2-13-24(14-12-20-7-5-16-28-20)19-11-10-18-6-3-8-22(21(18)17-19)27-23(26)9-4-15-25/h5,7,10-11,16-17,22,25H,2-4,6,8-9,12-15H2,1H3. The van der Waals surface area contributed by atoms with Crippen LogP contribution in [0.1, 0.15) is 61.1 Å². The molecule has 152 valence electrons. The summed E-state index contributed by atoms with van der Waals surface area (Å²) < 4.78 is 5.77. The number of rotatable bonds is 10. The van der Waals surface area contributed by atoms with Gasteiger partial charge in [-0.05, 0) is 73.2 Å². The zero-order valence-electron chi connectivity index (χ0n) is 16.7. The molecule has 0 saturated heterocycles. The lowest BCUT2D eigenvalue weighted by Crippen LogP contribution is -2.27. The second-order valence-corrected chi connectivity index (χ2v) is 8.43. The number of hydrogen-bond donors (Lipinski definition) is 1. The van der Waals surface area contributed by atoms with Gasteiger partial charge in [0.2, 0.25) is 0 Å². The van der Waals surface area contributed by atoms with Crippen LogP contribution in [0.15, 0.2) is 35.7 Å². The third kappa shape index (κ3) is 5.58. The van der Waals surface area contributed by atoms with E-state index in [1.54, 1.807) is 0 Å². The Kier molecular flexibility index (Phi) is 7.92. The van der Waals surface area contributed by atoms with E-state index >= 15 is 0 Å². The minimum Gasteiger partial charge on any atom is -0.457 e. The Balaban J connectivity index is 1.74. The van der Waals surface area contributed by atoms with E-state index in [0.717, 1.165) is 45.2 Å². The van der Waals surface area contributed by atoms with Gasteiger partial charge in [-0.3, -0.25) is 4.79 Å². The molecule has 3 rings (SSSR count). The zero-order valence-corrected chi connectivity index (χ0v) is 17.5. The van der Waals surface area contributed by atoms with Gasteiger partial charge in [-0.15, -0.1) is 11.3 Å². The average molecular weight is 402 g/mol. The molecule has 1 aromatic carbocycles. The van der Waals surface area contributed by atoms with Crippen LogP contribution in [0, 0.1) is 0 Å². The first-order valence-corrected chi connectivity index (χ1v) is 11.3. The first-order valence-electron chi connectivity index (χ1n) is 10.4. The highest BCUT2D eigenvalue weighted by Gasteiger charge is 2.24. The molecule has 0 spiro atoms. The summed E-state index contributed by atoms with van der Waals surface area (Å²) in [6.45, 7) is 4.25. The first kappa shape index (κ1) is 20.9. The van der Waals surface area contributed by atoms with Crippen molar-refractivity contribution in [2.24, 2.45) is 0 Å². The molecule has 0 aliphatic heterocycles. The van der Waals surface area contributed by atoms with E-state index in [4.69, 9.17) is 9.84 Å². The molecular weight excluding hydrogens is 370 g/mol. The van der Waals surface area contributed by atoms with Crippen LogP contribution in [-0.4, -0.2) is 30.8 Å². The van der Waals surface area contributed by atoms with E-state index in [9.17, 15) is 4.79 Å². The lowest BCUT2D eigenvalue weighted by atomic mass is 9.88. The monoisotopic (exact) mass is 401 g/mol. The van der Waals surface area contributed by atoms with Crippen LogP contribution in [0.4, 0.5) is 5.69 Å². The predicted molar refractivity (Wildman–Crippen MR) is 115 cm³/mol. The molecular formula is C23H31NO3S. The summed E-state index contributed by atoms with van der Waals surface area (Å²) in [4.78, 5) is 15.9. The van der Waals surface area contributed by atoms with Gasteiger partial charge < -0.3 is 14.7 Å². The van der Waals surface area contributed by atoms with E-state index in [1.165, 1.54) is 21.7 Å². The van der Waals surface area contributed by atoms with Crippen LogP contribution in [0.2, 0.25) is 0 Å². The van der Waals surface area contributed by atoms with Crippen molar-refractivity contribution in [3.63, 3.8) is 0 Å². The summed E-state index contributed by atoms with van der Waals surface area (Å²) in [6.07, 6.45) is 5.70. The summed E-state index contributed by atoms with van der Waals surface area (Å²) in [7, 11) is 0. The number of anilines is 1. The number of carbonyl (C=O) groups is 1. The number of aliphatic hydroxyl groups excluding tert-OH is 1. The van der Waals surface area contributed by atoms with E-state index in [1.807, 2.05) is 11.3 Å². The lowest BCUT2D eigenvalue weighted by Gasteiger charge is -2.29. The van der Waals surface area contributed by atoms with Crippen LogP contribution < -0.4 is 4.90 Å². The largest absolute Gasteiger partial charge is 0.457 e. The van der Waals surface area contributed by atoms with Gasteiger partial charge in [0.15, 0.2) is 0 Å². The molecule has 1 atom stereocenters. The fourth-order valence-electron chi connectivity index (χ4n) is 3.84. The van der Waals surface area contributed by atoms with Crippen LogP contribution in [-0.2, 0) is 22.4 Å². The molecule has 0 radical (unpaired) electrons. The maximum absolute atomic E-state index is 12.1. The molecule has 1 N–H and O–H groups in total. The predicted octanol–water partition coefficient (Wildman–Crippen LogP) is 4.90. The Hall–Kier alpha value is -1.85. The number of hydrogen-bond acceptors (Lipinski definition) is 5. The fraction of sp³-hybridized carbons (Fsp3) is 0.522. The minimum atomic E-state index is -0.208. The smallest absolute Gasteiger partial charge is 0.306 e. The van der Waals surface area contributed by atoms with Gasteiger partial charge in [0.1, 0.15) is 6.10 Å². The van der Waals surface area contributed by atoms with Gasteiger partial charge >= 0.3 is 5.97 Å². The van der Waals surface area contributed by atoms with Gasteiger partial charge in [0, 0.05) is 36.7 Å². The van der Waals surface area contributed by atoms with Gasteiger partial charge in [-0.1, -0.05) is 19.1 Å². The number of aliphatic hydroxyl groups is 1. The number of fused-ring (bicyclic) bond motifs is 1. The van der Waals surface area contributed by atoms with E-state index in [-0.39, 0.29) is 25.1 Å². The Morgan fingerprint density at radius 2 is 2.21 bits per heavy atom. The summed E-state index contributed by atoms with van der Waals surface area (Å²) in [5.41, 5.74) is 3.68. The Labute approximate surface area is 172 Å². The van der Waals surface area contributed by atoms with Gasteiger partial charge in [0.05, 0.1) is 0 Å². The molecule has 0 fully saturated rings. The molecule has 1 heterocycles. The maximum atomic E-state index is 12.1. The second-order valence-electron chi connectivity index (χ2n) is 7.40. The number of esters is 1. The summed E-state index contributed by atoms with van der Waals surface area (Å²) in [6, 6.07) is 11.0. The van der Waals surface area contributed by atoms with Crippen LogP contribution in [0.5, 0.6) is 0 Å². The molecule has 1 aromatic heterocycles. The quantitative estimate of drug-likeness (QED) is 0.575. The number of thiophene rings is 1. The summed E-state index contributed by atoms with van der Waals surface area (Å²) in [5.74, 6) is -0.208. The highest BCUT2D eigenvalue weighted by Crippen LogP contribution is 2.35. The van der Waals surface area contributed by atoms with Crippen molar-refractivity contribution in [2.75, 3.05) is 24.6 Å². The van der Waals surface area contributed by atoms with Gasteiger partial charge in [-0.2, -0.15) is 0 Å². The molecule has 2 aromatic rings. The molecule has 5 heteroatoms. The number of benzene rings is 1. The van der Waals surface area contributed by atoms with Crippen LogP contribution in [0.25, 0.3) is 0 Å². The third-order valence-electron chi connectivity index (χ3n) is 5.27. The molecule has 1 unspecified atom stereocenters. The third-order valence-corrected chi connectivity index (χ3v) is 6.20. The lowest BCUT2D eigenvalue weighted by molar-refractivity contribution is -0.150. The maximum Gasteiger partial charge on any atom is 0.306 e. The number of nitrogens with zero attached hydrogens (tertiary/aromatic N) is 1. The molecule has 0 bridgehead atoms.